The van der Waals surface area contributed by atoms with E-state index in [2.05, 4.69) is 15.3 Å². The van der Waals surface area contributed by atoms with Crippen LogP contribution in [0, 0.1) is 0 Å². The van der Waals surface area contributed by atoms with E-state index in [1.807, 2.05) is 30.5 Å². The fraction of sp³-hybridized carbons (Fsp3) is 0.240. The van der Waals surface area contributed by atoms with Gasteiger partial charge in [-0.2, -0.15) is 0 Å². The van der Waals surface area contributed by atoms with E-state index in [-0.39, 0.29) is 12.1 Å². The molecule has 1 unspecified atom stereocenters. The van der Waals surface area contributed by atoms with Gasteiger partial charge in [-0.3, -0.25) is 9.88 Å². The number of amides is 2. The molecule has 4 aromatic rings. The number of carbonyl (C=O) groups is 1. The molecule has 9 nitrogen and oxygen atoms in total. The molecule has 5 rings (SSSR count). The smallest absolute Gasteiger partial charge is 0.322 e. The second-order valence-electron chi connectivity index (χ2n) is 7.81. The van der Waals surface area contributed by atoms with E-state index in [1.54, 1.807) is 49.7 Å². The van der Waals surface area contributed by atoms with Crippen molar-refractivity contribution in [1.82, 2.24) is 15.3 Å². The minimum Gasteiger partial charge on any atom is -0.493 e. The molecule has 0 radical (unpaired) electrons. The van der Waals surface area contributed by atoms with Crippen molar-refractivity contribution in [2.75, 3.05) is 32.3 Å². The van der Waals surface area contributed by atoms with Crippen LogP contribution in [0.15, 0.2) is 54.2 Å². The van der Waals surface area contributed by atoms with E-state index in [0.717, 1.165) is 10.4 Å². The van der Waals surface area contributed by atoms with Crippen molar-refractivity contribution in [1.29, 1.82) is 0 Å². The number of aromatic nitrogens is 2. The van der Waals surface area contributed by atoms with Crippen molar-refractivity contribution in [3.05, 3.63) is 59.2 Å². The van der Waals surface area contributed by atoms with Crippen LogP contribution >= 0.6 is 11.3 Å². The molecule has 3 heterocycles. The lowest BCUT2D eigenvalue weighted by atomic mass is 10.1. The lowest BCUT2D eigenvalue weighted by Crippen LogP contribution is -2.45. The first-order valence-corrected chi connectivity index (χ1v) is 11.9. The van der Waals surface area contributed by atoms with Crippen LogP contribution in [-0.4, -0.2) is 43.4 Å². The molecule has 35 heavy (non-hydrogen) atoms. The van der Waals surface area contributed by atoms with Crippen molar-refractivity contribution < 1.29 is 23.7 Å². The molecule has 0 bridgehead atoms. The van der Waals surface area contributed by atoms with Crippen molar-refractivity contribution in [3.63, 3.8) is 0 Å². The van der Waals surface area contributed by atoms with Gasteiger partial charge in [0.2, 0.25) is 0 Å². The standard InChI is InChI=1S/C25H24N4O5S/c1-15(24-27-8-11-35-24)28-25(30)29-9-10-33-21-12-16(4-5-19(21)29)34-20-6-7-26-18-14-23(32-3)22(31-2)13-17(18)20/h4-8,11-15H,9-10H2,1-3H3,(H,28,30). The fourth-order valence-corrected chi connectivity index (χ4v) is 4.56. The number of nitrogens with one attached hydrogen (secondary N) is 1. The number of rotatable bonds is 6. The fourth-order valence-electron chi connectivity index (χ4n) is 3.91. The molecule has 0 saturated heterocycles. The second kappa shape index (κ2) is 9.67. The summed E-state index contributed by atoms with van der Waals surface area (Å²) in [5, 5.41) is 6.53. The van der Waals surface area contributed by atoms with Gasteiger partial charge in [0.15, 0.2) is 11.5 Å². The molecule has 1 N–H and O–H groups in total. The molecular formula is C25H24N4O5S. The van der Waals surface area contributed by atoms with E-state index < -0.39 is 0 Å². The molecule has 180 valence electrons. The summed E-state index contributed by atoms with van der Waals surface area (Å²) in [6, 6.07) is 10.5. The predicted molar refractivity (Wildman–Crippen MR) is 133 cm³/mol. The first kappa shape index (κ1) is 22.7. The summed E-state index contributed by atoms with van der Waals surface area (Å²) >= 11 is 1.51. The van der Waals surface area contributed by atoms with Crippen LogP contribution in [0.25, 0.3) is 10.9 Å². The number of urea groups is 1. The van der Waals surface area contributed by atoms with Crippen LogP contribution in [0.3, 0.4) is 0 Å². The average molecular weight is 493 g/mol. The van der Waals surface area contributed by atoms with E-state index in [0.29, 0.717) is 53.1 Å². The Labute approximate surface area is 206 Å². The number of nitrogens with zero attached hydrogens (tertiary/aromatic N) is 3. The van der Waals surface area contributed by atoms with Gasteiger partial charge in [-0.25, -0.2) is 9.78 Å². The van der Waals surface area contributed by atoms with Gasteiger partial charge in [-0.1, -0.05) is 0 Å². The average Bonchev–Trinajstić information content (AvgIpc) is 3.43. The van der Waals surface area contributed by atoms with Gasteiger partial charge in [0.25, 0.3) is 0 Å². The minimum atomic E-state index is -0.202. The topological polar surface area (TPSA) is 95.0 Å². The number of carbonyl (C=O) groups excluding carboxylic acids is 1. The van der Waals surface area contributed by atoms with Crippen LogP contribution in [-0.2, 0) is 0 Å². The summed E-state index contributed by atoms with van der Waals surface area (Å²) in [5.74, 6) is 2.93. The number of methoxy groups -OCH3 is 2. The van der Waals surface area contributed by atoms with E-state index >= 15 is 0 Å². The Kier molecular flexibility index (Phi) is 6.28. The molecule has 10 heteroatoms. The van der Waals surface area contributed by atoms with Crippen LogP contribution < -0.4 is 29.2 Å². The van der Waals surface area contributed by atoms with Crippen LogP contribution in [0.4, 0.5) is 10.5 Å². The van der Waals surface area contributed by atoms with Gasteiger partial charge in [-0.15, -0.1) is 11.3 Å². The third-order valence-electron chi connectivity index (χ3n) is 5.64. The van der Waals surface area contributed by atoms with Crippen molar-refractivity contribution in [2.45, 2.75) is 13.0 Å². The quantitative estimate of drug-likeness (QED) is 0.397. The van der Waals surface area contributed by atoms with Crippen molar-refractivity contribution >= 4 is 34.0 Å². The highest BCUT2D eigenvalue weighted by Gasteiger charge is 2.26. The molecule has 2 aromatic carbocycles. The number of hydrogen-bond donors (Lipinski definition) is 1. The maximum Gasteiger partial charge on any atom is 0.322 e. The highest BCUT2D eigenvalue weighted by Crippen LogP contribution is 2.40. The lowest BCUT2D eigenvalue weighted by Gasteiger charge is -2.30. The summed E-state index contributed by atoms with van der Waals surface area (Å²) in [7, 11) is 3.17. The summed E-state index contributed by atoms with van der Waals surface area (Å²) in [4.78, 5) is 23.3. The zero-order valence-corrected chi connectivity index (χ0v) is 20.3. The first-order chi connectivity index (χ1) is 17.1. The summed E-state index contributed by atoms with van der Waals surface area (Å²) in [6.45, 7) is 2.74. The minimum absolute atomic E-state index is 0.188. The summed E-state index contributed by atoms with van der Waals surface area (Å²) < 4.78 is 22.9. The molecule has 1 atom stereocenters. The molecular weight excluding hydrogens is 468 g/mol. The molecule has 0 aliphatic carbocycles. The van der Waals surface area contributed by atoms with Gasteiger partial charge >= 0.3 is 6.03 Å². The Morgan fingerprint density at radius 3 is 2.69 bits per heavy atom. The van der Waals surface area contributed by atoms with Crippen LogP contribution in [0.1, 0.15) is 18.0 Å². The number of pyridine rings is 1. The van der Waals surface area contributed by atoms with E-state index in [9.17, 15) is 4.79 Å². The maximum atomic E-state index is 13.0. The SMILES string of the molecule is COc1cc2nccc(Oc3ccc4c(c3)OCCN4C(=O)NC(C)c3nccs3)c2cc1OC. The van der Waals surface area contributed by atoms with Crippen molar-refractivity contribution in [2.24, 2.45) is 0 Å². The molecule has 0 saturated carbocycles. The number of anilines is 1. The highest BCUT2D eigenvalue weighted by atomic mass is 32.1. The maximum absolute atomic E-state index is 13.0. The second-order valence-corrected chi connectivity index (χ2v) is 8.73. The largest absolute Gasteiger partial charge is 0.493 e. The Bertz CT molecular complexity index is 1360. The number of thiazole rings is 1. The Balaban J connectivity index is 1.39. The van der Waals surface area contributed by atoms with E-state index in [4.69, 9.17) is 18.9 Å². The molecule has 1 aliphatic rings. The zero-order chi connectivity index (χ0) is 24.4. The molecule has 2 aromatic heterocycles. The number of fused-ring (bicyclic) bond motifs is 2. The number of benzene rings is 2. The Morgan fingerprint density at radius 2 is 1.91 bits per heavy atom. The third-order valence-corrected chi connectivity index (χ3v) is 6.59. The Hall–Kier alpha value is -4.05. The highest BCUT2D eigenvalue weighted by molar-refractivity contribution is 7.09. The third kappa shape index (κ3) is 4.52. The van der Waals surface area contributed by atoms with Gasteiger partial charge < -0.3 is 24.3 Å². The van der Waals surface area contributed by atoms with Crippen molar-refractivity contribution in [3.8, 4) is 28.7 Å². The number of hydrogen-bond acceptors (Lipinski definition) is 8. The summed E-state index contributed by atoms with van der Waals surface area (Å²) in [6.07, 6.45) is 3.40. The molecule has 0 fully saturated rings. The predicted octanol–water partition coefficient (Wildman–Crippen LogP) is 5.17. The van der Waals surface area contributed by atoms with Gasteiger partial charge in [0.05, 0.1) is 38.0 Å². The van der Waals surface area contributed by atoms with E-state index in [1.165, 1.54) is 11.3 Å². The lowest BCUT2D eigenvalue weighted by molar-refractivity contribution is 0.237. The normalized spacial score (nSPS) is 13.5. The Morgan fingerprint density at radius 1 is 1.09 bits per heavy atom. The summed E-state index contributed by atoms with van der Waals surface area (Å²) in [5.41, 5.74) is 1.39. The van der Waals surface area contributed by atoms with Gasteiger partial charge in [0, 0.05) is 35.3 Å². The molecule has 2 amide bonds. The van der Waals surface area contributed by atoms with Crippen LogP contribution in [0.2, 0.25) is 0 Å². The van der Waals surface area contributed by atoms with Crippen LogP contribution in [0.5, 0.6) is 28.7 Å². The number of ether oxygens (including phenoxy) is 4. The van der Waals surface area contributed by atoms with Gasteiger partial charge in [0.1, 0.15) is 28.9 Å². The van der Waals surface area contributed by atoms with Gasteiger partial charge in [-0.05, 0) is 31.2 Å². The first-order valence-electron chi connectivity index (χ1n) is 11.0. The monoisotopic (exact) mass is 492 g/mol. The zero-order valence-electron chi connectivity index (χ0n) is 19.5. The molecule has 0 spiro atoms. The molecule has 1 aliphatic heterocycles.